The fourth-order valence-electron chi connectivity index (χ4n) is 2.83. The Morgan fingerprint density at radius 1 is 1.21 bits per heavy atom. The van der Waals surface area contributed by atoms with E-state index in [0.29, 0.717) is 18.1 Å². The molecular formula is C20H24FN5O2. The van der Waals surface area contributed by atoms with Crippen LogP contribution in [0.5, 0.6) is 0 Å². The lowest BCUT2D eigenvalue weighted by atomic mass is 10.1. The van der Waals surface area contributed by atoms with Crippen LogP contribution in [0.4, 0.5) is 15.0 Å². The molecule has 8 heteroatoms. The maximum absolute atomic E-state index is 13.0. The van der Waals surface area contributed by atoms with E-state index in [1.165, 1.54) is 12.1 Å². The molecule has 2 amide bonds. The predicted octanol–water partition coefficient (Wildman–Crippen LogP) is 4.39. The lowest BCUT2D eigenvalue weighted by Crippen LogP contribution is -2.32. The summed E-state index contributed by atoms with van der Waals surface area (Å²) in [5.74, 6) is 0.819. The van der Waals surface area contributed by atoms with Crippen LogP contribution in [0.1, 0.15) is 30.7 Å². The topological polar surface area (TPSA) is 87.0 Å². The van der Waals surface area contributed by atoms with Crippen LogP contribution in [0, 0.1) is 12.7 Å². The molecule has 3 rings (SSSR count). The molecule has 0 aliphatic carbocycles. The SMILES string of the molecule is Cc1cc(NC(=O)N(C)CCCCCc2cc(-c3ccc(F)cc3)n[nH]2)no1. The molecule has 0 spiro atoms. The summed E-state index contributed by atoms with van der Waals surface area (Å²) in [6, 6.07) is 9.77. The van der Waals surface area contributed by atoms with Gasteiger partial charge >= 0.3 is 6.03 Å². The number of rotatable bonds is 8. The predicted molar refractivity (Wildman–Crippen MR) is 104 cm³/mol. The Labute approximate surface area is 162 Å². The van der Waals surface area contributed by atoms with Gasteiger partial charge in [0, 0.05) is 30.9 Å². The first-order valence-electron chi connectivity index (χ1n) is 9.27. The molecule has 28 heavy (non-hydrogen) atoms. The fraction of sp³-hybridized carbons (Fsp3) is 0.350. The van der Waals surface area contributed by atoms with Crippen molar-refractivity contribution in [3.63, 3.8) is 0 Å². The van der Waals surface area contributed by atoms with Gasteiger partial charge in [0.25, 0.3) is 0 Å². The van der Waals surface area contributed by atoms with E-state index in [1.807, 2.05) is 6.07 Å². The van der Waals surface area contributed by atoms with Gasteiger partial charge in [0.2, 0.25) is 0 Å². The zero-order chi connectivity index (χ0) is 19.9. The number of hydrogen-bond donors (Lipinski definition) is 2. The molecule has 0 saturated carbocycles. The maximum atomic E-state index is 13.0. The van der Waals surface area contributed by atoms with Crippen molar-refractivity contribution in [1.29, 1.82) is 0 Å². The summed E-state index contributed by atoms with van der Waals surface area (Å²) >= 11 is 0. The van der Waals surface area contributed by atoms with Crippen LogP contribution < -0.4 is 5.32 Å². The van der Waals surface area contributed by atoms with Crippen LogP contribution in [-0.4, -0.2) is 39.9 Å². The van der Waals surface area contributed by atoms with Gasteiger partial charge in [-0.25, -0.2) is 9.18 Å². The number of nitrogens with one attached hydrogen (secondary N) is 2. The minimum absolute atomic E-state index is 0.203. The normalized spacial score (nSPS) is 10.8. The van der Waals surface area contributed by atoms with Crippen LogP contribution in [0.15, 0.2) is 40.9 Å². The Morgan fingerprint density at radius 3 is 2.71 bits per heavy atom. The summed E-state index contributed by atoms with van der Waals surface area (Å²) in [6.45, 7) is 2.43. The highest BCUT2D eigenvalue weighted by Gasteiger charge is 2.11. The van der Waals surface area contributed by atoms with Crippen LogP contribution in [0.3, 0.4) is 0 Å². The summed E-state index contributed by atoms with van der Waals surface area (Å²) in [5.41, 5.74) is 2.75. The van der Waals surface area contributed by atoms with E-state index in [0.717, 1.165) is 42.6 Å². The first-order chi connectivity index (χ1) is 13.5. The molecular weight excluding hydrogens is 361 g/mol. The van der Waals surface area contributed by atoms with Crippen molar-refractivity contribution in [1.82, 2.24) is 20.3 Å². The number of unbranched alkanes of at least 4 members (excludes halogenated alkanes) is 2. The van der Waals surface area contributed by atoms with Gasteiger partial charge in [-0.1, -0.05) is 11.6 Å². The van der Waals surface area contributed by atoms with Crippen LogP contribution in [-0.2, 0) is 6.42 Å². The average molecular weight is 385 g/mol. The van der Waals surface area contributed by atoms with Crippen LogP contribution in [0.25, 0.3) is 11.3 Å². The molecule has 2 N–H and O–H groups in total. The Bertz CT molecular complexity index is 903. The van der Waals surface area contributed by atoms with E-state index < -0.39 is 0 Å². The molecule has 0 atom stereocenters. The van der Waals surface area contributed by atoms with Crippen molar-refractivity contribution < 1.29 is 13.7 Å². The smallest absolute Gasteiger partial charge is 0.322 e. The Kier molecular flexibility index (Phi) is 6.41. The number of aromatic amines is 1. The third-order valence-electron chi connectivity index (χ3n) is 4.42. The Morgan fingerprint density at radius 2 is 2.00 bits per heavy atom. The first-order valence-corrected chi connectivity index (χ1v) is 9.27. The minimum atomic E-state index is -0.255. The number of amides is 2. The molecule has 148 valence electrons. The van der Waals surface area contributed by atoms with Crippen molar-refractivity contribution in [3.8, 4) is 11.3 Å². The standard InChI is InChI=1S/C20H24FN5O2/c1-14-12-19(25-28-14)22-20(27)26(2)11-5-3-4-6-17-13-18(24-23-17)15-7-9-16(21)10-8-15/h7-10,12-13H,3-6,11H2,1-2H3,(H,23,24)(H,22,25,27). The van der Waals surface area contributed by atoms with E-state index in [9.17, 15) is 9.18 Å². The monoisotopic (exact) mass is 385 g/mol. The van der Waals surface area contributed by atoms with Crippen molar-refractivity contribution in [2.75, 3.05) is 18.9 Å². The Hall–Kier alpha value is -3.16. The second-order valence-electron chi connectivity index (χ2n) is 6.77. The van der Waals surface area contributed by atoms with E-state index in [-0.39, 0.29) is 11.8 Å². The molecule has 0 unspecified atom stereocenters. The molecule has 0 aliphatic rings. The van der Waals surface area contributed by atoms with Crippen molar-refractivity contribution in [3.05, 3.63) is 53.7 Å². The van der Waals surface area contributed by atoms with Gasteiger partial charge in [-0.05, 0) is 56.5 Å². The lowest BCUT2D eigenvalue weighted by Gasteiger charge is -2.16. The van der Waals surface area contributed by atoms with Gasteiger partial charge in [-0.15, -0.1) is 0 Å². The molecule has 2 heterocycles. The number of nitrogens with zero attached hydrogens (tertiary/aromatic N) is 3. The van der Waals surface area contributed by atoms with Crippen molar-refractivity contribution in [2.24, 2.45) is 0 Å². The van der Waals surface area contributed by atoms with E-state index in [2.05, 4.69) is 20.7 Å². The van der Waals surface area contributed by atoms with Gasteiger partial charge in [0.1, 0.15) is 11.6 Å². The number of carbonyl (C=O) groups is 1. The molecule has 1 aromatic carbocycles. The largest absolute Gasteiger partial charge is 0.360 e. The summed E-state index contributed by atoms with van der Waals surface area (Å²) in [6.07, 6.45) is 3.76. The van der Waals surface area contributed by atoms with Crippen LogP contribution >= 0.6 is 0 Å². The first kappa shape index (κ1) is 19.6. The number of halogens is 1. The highest BCUT2D eigenvalue weighted by atomic mass is 19.1. The zero-order valence-corrected chi connectivity index (χ0v) is 16.0. The zero-order valence-electron chi connectivity index (χ0n) is 16.0. The van der Waals surface area contributed by atoms with Crippen molar-refractivity contribution >= 4 is 11.8 Å². The minimum Gasteiger partial charge on any atom is -0.360 e. The number of anilines is 1. The number of aryl methyl sites for hydroxylation is 2. The molecule has 0 bridgehead atoms. The lowest BCUT2D eigenvalue weighted by molar-refractivity contribution is 0.221. The fourth-order valence-corrected chi connectivity index (χ4v) is 2.83. The summed E-state index contributed by atoms with van der Waals surface area (Å²) in [5, 5.41) is 13.8. The maximum Gasteiger partial charge on any atom is 0.322 e. The van der Waals surface area contributed by atoms with Gasteiger partial charge in [-0.2, -0.15) is 5.10 Å². The average Bonchev–Trinajstić information content (AvgIpc) is 3.31. The van der Waals surface area contributed by atoms with Crippen molar-refractivity contribution in [2.45, 2.75) is 32.6 Å². The second kappa shape index (κ2) is 9.16. The molecule has 3 aromatic rings. The number of urea groups is 1. The van der Waals surface area contributed by atoms with E-state index in [4.69, 9.17) is 4.52 Å². The summed E-state index contributed by atoms with van der Waals surface area (Å²) in [4.78, 5) is 13.7. The van der Waals surface area contributed by atoms with E-state index in [1.54, 1.807) is 37.1 Å². The molecule has 0 fully saturated rings. The summed E-state index contributed by atoms with van der Waals surface area (Å²) < 4.78 is 17.9. The molecule has 2 aromatic heterocycles. The third-order valence-corrected chi connectivity index (χ3v) is 4.42. The van der Waals surface area contributed by atoms with Gasteiger partial charge in [-0.3, -0.25) is 10.4 Å². The number of aromatic nitrogens is 3. The number of H-pyrrole nitrogens is 1. The third kappa shape index (κ3) is 5.42. The second-order valence-corrected chi connectivity index (χ2v) is 6.77. The molecule has 0 saturated heterocycles. The summed E-state index contributed by atoms with van der Waals surface area (Å²) in [7, 11) is 1.76. The molecule has 7 nitrogen and oxygen atoms in total. The molecule has 0 aliphatic heterocycles. The Balaban J connectivity index is 1.35. The van der Waals surface area contributed by atoms with Crippen LogP contribution in [0.2, 0.25) is 0 Å². The van der Waals surface area contributed by atoms with Gasteiger partial charge in [0.05, 0.1) is 5.69 Å². The van der Waals surface area contributed by atoms with Gasteiger partial charge < -0.3 is 9.42 Å². The molecule has 0 radical (unpaired) electrons. The highest BCUT2D eigenvalue weighted by Crippen LogP contribution is 2.19. The highest BCUT2D eigenvalue weighted by molar-refractivity contribution is 5.88. The van der Waals surface area contributed by atoms with E-state index >= 15 is 0 Å². The van der Waals surface area contributed by atoms with Gasteiger partial charge in [0.15, 0.2) is 5.82 Å². The number of benzene rings is 1. The quantitative estimate of drug-likeness (QED) is 0.563. The number of carbonyl (C=O) groups excluding carboxylic acids is 1. The number of hydrogen-bond acceptors (Lipinski definition) is 4.